The molecule has 4 nitrogen and oxygen atoms in total. The summed E-state index contributed by atoms with van der Waals surface area (Å²) in [5.41, 5.74) is 0. The fourth-order valence-corrected chi connectivity index (χ4v) is 1.15. The summed E-state index contributed by atoms with van der Waals surface area (Å²) < 4.78 is 10.4. The van der Waals surface area contributed by atoms with Crippen LogP contribution in [-0.2, 0) is 9.53 Å². The number of esters is 1. The Morgan fingerprint density at radius 2 is 1.94 bits per heavy atom. The minimum Gasteiger partial charge on any atom is -0.508 e. The van der Waals surface area contributed by atoms with Gasteiger partial charge in [0.1, 0.15) is 24.7 Å². The first-order valence-corrected chi connectivity index (χ1v) is 5.72. The third-order valence-electron chi connectivity index (χ3n) is 2.45. The van der Waals surface area contributed by atoms with Crippen molar-refractivity contribution >= 4 is 5.97 Å². The fourth-order valence-electron chi connectivity index (χ4n) is 1.15. The molecule has 0 fully saturated rings. The van der Waals surface area contributed by atoms with Gasteiger partial charge in [-0.2, -0.15) is 0 Å². The highest BCUT2D eigenvalue weighted by Gasteiger charge is 2.11. The van der Waals surface area contributed by atoms with Gasteiger partial charge in [-0.3, -0.25) is 4.79 Å². The predicted molar refractivity (Wildman–Crippen MR) is 64.0 cm³/mol. The predicted octanol–water partition coefficient (Wildman–Crippen LogP) is 2.36. The van der Waals surface area contributed by atoms with Crippen molar-refractivity contribution in [3.8, 4) is 11.5 Å². The Labute approximate surface area is 101 Å². The Hall–Kier alpha value is -1.71. The topological polar surface area (TPSA) is 55.8 Å². The Morgan fingerprint density at radius 3 is 2.53 bits per heavy atom. The van der Waals surface area contributed by atoms with Crippen LogP contribution in [0.5, 0.6) is 11.5 Å². The zero-order valence-electron chi connectivity index (χ0n) is 10.2. The van der Waals surface area contributed by atoms with Crippen LogP contribution in [-0.4, -0.2) is 24.3 Å². The number of carbonyl (C=O) groups is 1. The van der Waals surface area contributed by atoms with E-state index in [1.165, 1.54) is 0 Å². The molecule has 0 aliphatic carbocycles. The van der Waals surface area contributed by atoms with Gasteiger partial charge in [0.05, 0.1) is 5.92 Å². The summed E-state index contributed by atoms with van der Waals surface area (Å²) in [5, 5.41) is 9.06. The molecule has 0 amide bonds. The molecule has 0 saturated heterocycles. The van der Waals surface area contributed by atoms with Crippen LogP contribution < -0.4 is 4.74 Å². The van der Waals surface area contributed by atoms with Crippen LogP contribution in [0.4, 0.5) is 0 Å². The van der Waals surface area contributed by atoms with Gasteiger partial charge in [-0.15, -0.1) is 0 Å². The van der Waals surface area contributed by atoms with Crippen LogP contribution in [0.25, 0.3) is 0 Å². The number of phenolic OH excluding ortho intramolecular Hbond substituents is 1. The fraction of sp³-hybridized carbons (Fsp3) is 0.462. The maximum Gasteiger partial charge on any atom is 0.308 e. The molecule has 1 aromatic rings. The second-order valence-electron chi connectivity index (χ2n) is 3.82. The summed E-state index contributed by atoms with van der Waals surface area (Å²) >= 11 is 0. The van der Waals surface area contributed by atoms with Crippen LogP contribution in [0.15, 0.2) is 24.3 Å². The van der Waals surface area contributed by atoms with Crippen molar-refractivity contribution in [3.63, 3.8) is 0 Å². The van der Waals surface area contributed by atoms with Gasteiger partial charge in [0, 0.05) is 0 Å². The van der Waals surface area contributed by atoms with E-state index in [0.717, 1.165) is 6.42 Å². The van der Waals surface area contributed by atoms with Crippen LogP contribution >= 0.6 is 0 Å². The molecule has 0 spiro atoms. The molecule has 0 aromatic heterocycles. The van der Waals surface area contributed by atoms with E-state index >= 15 is 0 Å². The molecule has 0 heterocycles. The van der Waals surface area contributed by atoms with Gasteiger partial charge < -0.3 is 14.6 Å². The van der Waals surface area contributed by atoms with Crippen LogP contribution in [0.3, 0.4) is 0 Å². The summed E-state index contributed by atoms with van der Waals surface area (Å²) in [4.78, 5) is 11.3. The van der Waals surface area contributed by atoms with Gasteiger partial charge in [0.25, 0.3) is 0 Å². The number of hydrogen-bond donors (Lipinski definition) is 1. The van der Waals surface area contributed by atoms with E-state index in [2.05, 4.69) is 0 Å². The molecular formula is C13H18O4. The molecule has 0 radical (unpaired) electrons. The number of phenols is 1. The lowest BCUT2D eigenvalue weighted by molar-refractivity contribution is -0.148. The summed E-state index contributed by atoms with van der Waals surface area (Å²) in [6, 6.07) is 6.40. The third kappa shape index (κ3) is 4.76. The lowest BCUT2D eigenvalue weighted by Crippen LogP contribution is -2.17. The van der Waals surface area contributed by atoms with Gasteiger partial charge in [0.15, 0.2) is 0 Å². The number of hydrogen-bond acceptors (Lipinski definition) is 4. The molecule has 0 bridgehead atoms. The maximum absolute atomic E-state index is 11.3. The molecule has 1 unspecified atom stereocenters. The van der Waals surface area contributed by atoms with E-state index in [1.807, 2.05) is 13.8 Å². The smallest absolute Gasteiger partial charge is 0.308 e. The number of rotatable bonds is 6. The SMILES string of the molecule is CCC(C)C(=O)OCCOc1ccc(O)cc1. The molecule has 1 N–H and O–H groups in total. The van der Waals surface area contributed by atoms with E-state index < -0.39 is 0 Å². The second-order valence-corrected chi connectivity index (χ2v) is 3.82. The standard InChI is InChI=1S/C13H18O4/c1-3-10(2)13(15)17-9-8-16-12-6-4-11(14)5-7-12/h4-7,10,14H,3,8-9H2,1-2H3. The molecule has 4 heteroatoms. The summed E-state index contributed by atoms with van der Waals surface area (Å²) in [5.74, 6) is 0.577. The molecule has 1 atom stereocenters. The Morgan fingerprint density at radius 1 is 1.29 bits per heavy atom. The number of aromatic hydroxyl groups is 1. The summed E-state index contributed by atoms with van der Waals surface area (Å²) in [6.07, 6.45) is 0.775. The van der Waals surface area contributed by atoms with Gasteiger partial charge in [-0.1, -0.05) is 13.8 Å². The second kappa shape index (κ2) is 6.78. The molecule has 0 aliphatic rings. The molecule has 0 saturated carbocycles. The monoisotopic (exact) mass is 238 g/mol. The normalized spacial score (nSPS) is 11.9. The zero-order chi connectivity index (χ0) is 12.7. The van der Waals surface area contributed by atoms with Crippen molar-refractivity contribution in [2.45, 2.75) is 20.3 Å². The lowest BCUT2D eigenvalue weighted by atomic mass is 10.1. The number of ether oxygens (including phenoxy) is 2. The molecule has 17 heavy (non-hydrogen) atoms. The van der Waals surface area contributed by atoms with E-state index in [1.54, 1.807) is 24.3 Å². The van der Waals surface area contributed by atoms with E-state index in [4.69, 9.17) is 14.6 Å². The van der Waals surface area contributed by atoms with Crippen molar-refractivity contribution in [2.75, 3.05) is 13.2 Å². The summed E-state index contributed by atoms with van der Waals surface area (Å²) in [6.45, 7) is 4.33. The number of benzene rings is 1. The van der Waals surface area contributed by atoms with Crippen LogP contribution in [0.2, 0.25) is 0 Å². The lowest BCUT2D eigenvalue weighted by Gasteiger charge is -2.10. The van der Waals surface area contributed by atoms with Crippen LogP contribution in [0.1, 0.15) is 20.3 Å². The zero-order valence-corrected chi connectivity index (χ0v) is 10.2. The van der Waals surface area contributed by atoms with Crippen molar-refractivity contribution in [1.82, 2.24) is 0 Å². The minimum atomic E-state index is -0.193. The molecule has 94 valence electrons. The van der Waals surface area contributed by atoms with Crippen molar-refractivity contribution in [3.05, 3.63) is 24.3 Å². The van der Waals surface area contributed by atoms with Gasteiger partial charge in [-0.05, 0) is 30.7 Å². The largest absolute Gasteiger partial charge is 0.508 e. The Kier molecular flexibility index (Phi) is 5.33. The molecule has 0 aliphatic heterocycles. The van der Waals surface area contributed by atoms with E-state index in [0.29, 0.717) is 12.4 Å². The molecule has 1 aromatic carbocycles. The molecular weight excluding hydrogens is 220 g/mol. The van der Waals surface area contributed by atoms with Gasteiger partial charge in [0.2, 0.25) is 0 Å². The van der Waals surface area contributed by atoms with Crippen molar-refractivity contribution < 1.29 is 19.4 Å². The van der Waals surface area contributed by atoms with Crippen molar-refractivity contribution in [2.24, 2.45) is 5.92 Å². The first kappa shape index (κ1) is 13.4. The average Bonchev–Trinajstić information content (AvgIpc) is 2.35. The van der Waals surface area contributed by atoms with Gasteiger partial charge in [-0.25, -0.2) is 0 Å². The quantitative estimate of drug-likeness (QED) is 0.610. The Balaban J connectivity index is 2.20. The van der Waals surface area contributed by atoms with E-state index in [-0.39, 0.29) is 24.2 Å². The first-order chi connectivity index (χ1) is 8.13. The maximum atomic E-state index is 11.3. The highest BCUT2D eigenvalue weighted by molar-refractivity contribution is 5.71. The minimum absolute atomic E-state index is 0.0660. The Bertz CT molecular complexity index is 345. The highest BCUT2D eigenvalue weighted by atomic mass is 16.6. The van der Waals surface area contributed by atoms with Crippen LogP contribution in [0, 0.1) is 5.92 Å². The molecule has 1 rings (SSSR count). The summed E-state index contributed by atoms with van der Waals surface area (Å²) in [7, 11) is 0. The highest BCUT2D eigenvalue weighted by Crippen LogP contribution is 2.15. The van der Waals surface area contributed by atoms with E-state index in [9.17, 15) is 4.79 Å². The van der Waals surface area contributed by atoms with Gasteiger partial charge >= 0.3 is 5.97 Å². The first-order valence-electron chi connectivity index (χ1n) is 5.72. The third-order valence-corrected chi connectivity index (χ3v) is 2.45. The number of carbonyl (C=O) groups excluding carboxylic acids is 1. The van der Waals surface area contributed by atoms with Crippen molar-refractivity contribution in [1.29, 1.82) is 0 Å². The average molecular weight is 238 g/mol.